The molecular weight excluding hydrogens is 317 g/mol. The fourth-order valence-electron chi connectivity index (χ4n) is 2.26. The van der Waals surface area contributed by atoms with E-state index < -0.39 is 11.7 Å². The molecule has 24 heavy (non-hydrogen) atoms. The van der Waals surface area contributed by atoms with Crippen molar-refractivity contribution in [3.8, 4) is 5.75 Å². The fraction of sp³-hybridized carbons (Fsp3) is 0.211. The summed E-state index contributed by atoms with van der Waals surface area (Å²) in [5.41, 5.74) is 0.557. The second-order valence-corrected chi connectivity index (χ2v) is 5.30. The molecule has 0 aliphatic carbocycles. The van der Waals surface area contributed by atoms with Gasteiger partial charge in [-0.25, -0.2) is 0 Å². The topological polar surface area (TPSA) is 26.3 Å². The number of hydrogen-bond acceptors (Lipinski definition) is 2. The molecule has 0 fully saturated rings. The number of hydrogen-bond donors (Lipinski definition) is 0. The Morgan fingerprint density at radius 2 is 1.96 bits per heavy atom. The minimum atomic E-state index is -4.47. The minimum Gasteiger partial charge on any atom is -0.489 e. The second-order valence-electron chi connectivity index (χ2n) is 5.30. The van der Waals surface area contributed by atoms with E-state index >= 15 is 0 Å². The van der Waals surface area contributed by atoms with Gasteiger partial charge in [-0.1, -0.05) is 43.0 Å². The van der Waals surface area contributed by atoms with Crippen molar-refractivity contribution in [2.75, 3.05) is 6.61 Å². The monoisotopic (exact) mass is 334 g/mol. The van der Waals surface area contributed by atoms with Crippen LogP contribution in [0.25, 0.3) is 6.08 Å². The third-order valence-corrected chi connectivity index (χ3v) is 3.60. The highest BCUT2D eigenvalue weighted by Crippen LogP contribution is 2.30. The number of allylic oxidation sites excluding steroid dienone is 5. The summed E-state index contributed by atoms with van der Waals surface area (Å²) >= 11 is 0. The van der Waals surface area contributed by atoms with Gasteiger partial charge in [-0.3, -0.25) is 4.79 Å². The van der Waals surface area contributed by atoms with Gasteiger partial charge in [-0.05, 0) is 30.2 Å². The van der Waals surface area contributed by atoms with Crippen molar-refractivity contribution in [1.29, 1.82) is 0 Å². The number of ketones is 1. The molecule has 2 nitrogen and oxygen atoms in total. The fourth-order valence-corrected chi connectivity index (χ4v) is 2.26. The molecule has 0 amide bonds. The largest absolute Gasteiger partial charge is 0.489 e. The Morgan fingerprint density at radius 1 is 1.25 bits per heavy atom. The van der Waals surface area contributed by atoms with E-state index in [1.54, 1.807) is 37.3 Å². The van der Waals surface area contributed by atoms with Crippen LogP contribution in [0, 0.1) is 6.92 Å². The molecule has 1 aliphatic heterocycles. The van der Waals surface area contributed by atoms with Gasteiger partial charge in [0.25, 0.3) is 0 Å². The lowest BCUT2D eigenvalue weighted by atomic mass is 9.95. The van der Waals surface area contributed by atoms with E-state index in [0.717, 1.165) is 6.08 Å². The summed E-state index contributed by atoms with van der Waals surface area (Å²) in [5, 5.41) is 0. The summed E-state index contributed by atoms with van der Waals surface area (Å²) in [4.78, 5) is 12.4. The Kier molecular flexibility index (Phi) is 5.44. The van der Waals surface area contributed by atoms with Crippen molar-refractivity contribution in [3.05, 3.63) is 71.4 Å². The first-order chi connectivity index (χ1) is 11.3. The molecule has 0 N–H and O–H groups in total. The maximum absolute atomic E-state index is 12.5. The van der Waals surface area contributed by atoms with Crippen molar-refractivity contribution >= 4 is 11.9 Å². The number of carbonyl (C=O) groups is 1. The quantitative estimate of drug-likeness (QED) is 0.695. The highest BCUT2D eigenvalue weighted by molar-refractivity contribution is 6.01. The van der Waals surface area contributed by atoms with Crippen LogP contribution in [0.1, 0.15) is 27.9 Å². The van der Waals surface area contributed by atoms with Gasteiger partial charge < -0.3 is 4.74 Å². The first-order valence-corrected chi connectivity index (χ1v) is 7.36. The predicted molar refractivity (Wildman–Crippen MR) is 88.1 cm³/mol. The number of fused-ring (bicyclic) bond motifs is 1. The third kappa shape index (κ3) is 4.25. The zero-order valence-corrected chi connectivity index (χ0v) is 13.2. The molecule has 0 unspecified atom stereocenters. The van der Waals surface area contributed by atoms with Gasteiger partial charge in [-0.2, -0.15) is 13.2 Å². The van der Waals surface area contributed by atoms with Crippen LogP contribution in [-0.2, 0) is 0 Å². The summed E-state index contributed by atoms with van der Waals surface area (Å²) in [6, 6.07) is 3.24. The van der Waals surface area contributed by atoms with Gasteiger partial charge in [0.15, 0.2) is 5.78 Å². The van der Waals surface area contributed by atoms with Crippen molar-refractivity contribution in [3.63, 3.8) is 0 Å². The van der Waals surface area contributed by atoms with E-state index in [1.807, 2.05) is 6.08 Å². The Labute approximate surface area is 138 Å². The Bertz CT molecular complexity index is 738. The Morgan fingerprint density at radius 3 is 2.67 bits per heavy atom. The lowest BCUT2D eigenvalue weighted by molar-refractivity contribution is -0.0877. The summed E-state index contributed by atoms with van der Waals surface area (Å²) in [5.74, 6) is 0.295. The molecule has 1 aliphatic rings. The molecule has 1 aromatic carbocycles. The molecule has 0 aromatic heterocycles. The van der Waals surface area contributed by atoms with Crippen molar-refractivity contribution in [2.45, 2.75) is 19.5 Å². The molecule has 0 radical (unpaired) electrons. The summed E-state index contributed by atoms with van der Waals surface area (Å²) in [6.07, 6.45) is 5.05. The van der Waals surface area contributed by atoms with E-state index in [-0.39, 0.29) is 12.2 Å². The SMILES string of the molecule is C=C(/C=C\c1ccc2c(c1C)C(=O)C/C=C\C=C/CO2)C(F)(F)F. The van der Waals surface area contributed by atoms with Crippen molar-refractivity contribution in [1.82, 2.24) is 0 Å². The average Bonchev–Trinajstić information content (AvgIpc) is 2.51. The number of ether oxygens (including phenoxy) is 1. The molecule has 1 heterocycles. The Balaban J connectivity index is 2.41. The van der Waals surface area contributed by atoms with Crippen LogP contribution in [-0.4, -0.2) is 18.6 Å². The lowest BCUT2D eigenvalue weighted by Gasteiger charge is -2.14. The number of Topliss-reactive ketones (excluding diaryl/α,β-unsaturated/α-hetero) is 1. The van der Waals surface area contributed by atoms with Crippen LogP contribution in [0.5, 0.6) is 5.75 Å². The van der Waals surface area contributed by atoms with Gasteiger partial charge in [0.1, 0.15) is 12.4 Å². The smallest absolute Gasteiger partial charge is 0.415 e. The van der Waals surface area contributed by atoms with Crippen LogP contribution in [0.4, 0.5) is 13.2 Å². The number of rotatable bonds is 2. The van der Waals surface area contributed by atoms with E-state index in [9.17, 15) is 18.0 Å². The maximum atomic E-state index is 12.5. The highest BCUT2D eigenvalue weighted by Gasteiger charge is 2.29. The molecule has 5 heteroatoms. The number of benzene rings is 1. The zero-order chi connectivity index (χ0) is 17.7. The first kappa shape index (κ1) is 17.8. The lowest BCUT2D eigenvalue weighted by Crippen LogP contribution is -2.09. The van der Waals surface area contributed by atoms with E-state index in [1.165, 1.54) is 6.08 Å². The average molecular weight is 334 g/mol. The van der Waals surface area contributed by atoms with Crippen LogP contribution in [0.2, 0.25) is 0 Å². The van der Waals surface area contributed by atoms with Crippen LogP contribution < -0.4 is 4.74 Å². The molecule has 0 saturated carbocycles. The molecule has 0 bridgehead atoms. The third-order valence-electron chi connectivity index (χ3n) is 3.60. The van der Waals surface area contributed by atoms with Gasteiger partial charge in [0, 0.05) is 12.0 Å². The zero-order valence-electron chi connectivity index (χ0n) is 13.2. The van der Waals surface area contributed by atoms with Crippen LogP contribution in [0.15, 0.2) is 54.7 Å². The van der Waals surface area contributed by atoms with Gasteiger partial charge in [0.05, 0.1) is 5.56 Å². The molecule has 2 rings (SSSR count). The summed E-state index contributed by atoms with van der Waals surface area (Å²) in [6.45, 7) is 5.01. The number of halogens is 3. The molecular formula is C19H17F3O2. The maximum Gasteiger partial charge on any atom is 0.415 e. The number of carbonyl (C=O) groups excluding carboxylic acids is 1. The summed E-state index contributed by atoms with van der Waals surface area (Å²) in [7, 11) is 0. The molecule has 0 spiro atoms. The normalized spacial score (nSPS) is 17.9. The van der Waals surface area contributed by atoms with Crippen molar-refractivity contribution < 1.29 is 22.7 Å². The van der Waals surface area contributed by atoms with Gasteiger partial charge in [-0.15, -0.1) is 0 Å². The summed E-state index contributed by atoms with van der Waals surface area (Å²) < 4.78 is 43.2. The van der Waals surface area contributed by atoms with E-state index in [0.29, 0.717) is 29.0 Å². The molecule has 0 atom stereocenters. The molecule has 0 saturated heterocycles. The Hall–Kier alpha value is -2.56. The van der Waals surface area contributed by atoms with Crippen LogP contribution in [0.3, 0.4) is 0 Å². The first-order valence-electron chi connectivity index (χ1n) is 7.36. The minimum absolute atomic E-state index is 0.140. The van der Waals surface area contributed by atoms with Crippen LogP contribution >= 0.6 is 0 Å². The predicted octanol–water partition coefficient (Wildman–Crippen LogP) is 5.20. The van der Waals surface area contributed by atoms with Gasteiger partial charge >= 0.3 is 6.18 Å². The van der Waals surface area contributed by atoms with E-state index in [2.05, 4.69) is 6.58 Å². The number of alkyl halides is 3. The highest BCUT2D eigenvalue weighted by atomic mass is 19.4. The van der Waals surface area contributed by atoms with E-state index in [4.69, 9.17) is 4.74 Å². The second kappa shape index (κ2) is 7.34. The van der Waals surface area contributed by atoms with Gasteiger partial charge in [0.2, 0.25) is 0 Å². The standard InChI is InChI=1S/C19H17F3O2/c1-13(19(20,21)22)8-9-15-10-11-17-18(14(15)2)16(23)7-5-3-4-6-12-24-17/h3-6,8-11H,1,7,12H2,2H3/b5-3-,6-4-,9-8-. The van der Waals surface area contributed by atoms with Crippen molar-refractivity contribution in [2.24, 2.45) is 0 Å². The molecule has 126 valence electrons. The molecule has 1 aromatic rings.